The molecule has 1 N–H and O–H groups in total. The van der Waals surface area contributed by atoms with Gasteiger partial charge in [-0.3, -0.25) is 0 Å². The van der Waals surface area contributed by atoms with Crippen LogP contribution >= 0.6 is 11.5 Å². The van der Waals surface area contributed by atoms with Gasteiger partial charge in [0.15, 0.2) is 0 Å². The largest absolute Gasteiger partial charge is 0.419 e. The minimum atomic E-state index is -4.73. The van der Waals surface area contributed by atoms with Gasteiger partial charge in [0.25, 0.3) is 0 Å². The number of piperidine rings is 1. The molecule has 6 nitrogen and oxygen atoms in total. The van der Waals surface area contributed by atoms with E-state index in [9.17, 15) is 17.6 Å². The molecule has 0 spiro atoms. The second kappa shape index (κ2) is 8.46. The maximum atomic E-state index is 13.8. The van der Waals surface area contributed by atoms with Crippen molar-refractivity contribution >= 4 is 22.5 Å². The van der Waals surface area contributed by atoms with Gasteiger partial charge in [0.2, 0.25) is 5.95 Å². The van der Waals surface area contributed by atoms with E-state index < -0.39 is 17.6 Å². The summed E-state index contributed by atoms with van der Waals surface area (Å²) in [4.78, 5) is 7.17. The first-order chi connectivity index (χ1) is 16.8. The van der Waals surface area contributed by atoms with Gasteiger partial charge in [-0.2, -0.15) is 22.5 Å². The summed E-state index contributed by atoms with van der Waals surface area (Å²) in [5, 5.41) is 9.45. The van der Waals surface area contributed by atoms with E-state index in [1.54, 1.807) is 16.2 Å². The molecule has 6 rings (SSSR count). The zero-order chi connectivity index (χ0) is 24.3. The van der Waals surface area contributed by atoms with Gasteiger partial charge in [0, 0.05) is 31.6 Å². The van der Waals surface area contributed by atoms with Gasteiger partial charge >= 0.3 is 6.18 Å². The molecule has 4 atom stereocenters. The Balaban J connectivity index is 1.22. The SMILES string of the molecule is Cc1cc(N2C[C@H]3CC[C@@H](C2)C3Nc2nc3n(n2)CCCC3c2ccc(F)c(C(F)(F)F)c2)sn1. The predicted molar refractivity (Wildman–Crippen MR) is 125 cm³/mol. The lowest BCUT2D eigenvalue weighted by Crippen LogP contribution is -2.48. The van der Waals surface area contributed by atoms with Crippen LogP contribution in [0.3, 0.4) is 0 Å². The first kappa shape index (κ1) is 22.8. The minimum Gasteiger partial charge on any atom is -0.361 e. The number of hydrogen-bond donors (Lipinski definition) is 1. The first-order valence-corrected chi connectivity index (χ1v) is 12.8. The molecule has 186 valence electrons. The van der Waals surface area contributed by atoms with E-state index in [0.29, 0.717) is 42.1 Å². The number of anilines is 2. The number of aryl methyl sites for hydroxylation is 2. The number of alkyl halides is 3. The van der Waals surface area contributed by atoms with Crippen molar-refractivity contribution in [3.8, 4) is 0 Å². The molecule has 2 unspecified atom stereocenters. The number of nitrogens with one attached hydrogen (secondary N) is 1. The molecular formula is C24H26F4N6S. The molecule has 1 saturated heterocycles. The van der Waals surface area contributed by atoms with Crippen LogP contribution < -0.4 is 10.2 Å². The number of fused-ring (bicyclic) bond motifs is 3. The summed E-state index contributed by atoms with van der Waals surface area (Å²) in [5.74, 6) is 0.521. The molecule has 1 saturated carbocycles. The quantitative estimate of drug-likeness (QED) is 0.477. The summed E-state index contributed by atoms with van der Waals surface area (Å²) in [5.41, 5.74) is 0.236. The molecule has 3 aromatic rings. The van der Waals surface area contributed by atoms with Crippen molar-refractivity contribution in [3.63, 3.8) is 0 Å². The van der Waals surface area contributed by atoms with E-state index in [-0.39, 0.29) is 12.0 Å². The fourth-order valence-electron chi connectivity index (χ4n) is 5.99. The number of benzene rings is 1. The zero-order valence-corrected chi connectivity index (χ0v) is 20.0. The Labute approximate surface area is 204 Å². The highest BCUT2D eigenvalue weighted by molar-refractivity contribution is 7.10. The van der Waals surface area contributed by atoms with Crippen LogP contribution in [0, 0.1) is 24.6 Å². The number of nitrogens with zero attached hydrogens (tertiary/aromatic N) is 5. The van der Waals surface area contributed by atoms with E-state index in [2.05, 4.69) is 25.8 Å². The minimum absolute atomic E-state index is 0.269. The molecule has 4 heterocycles. The van der Waals surface area contributed by atoms with Crippen molar-refractivity contribution in [2.75, 3.05) is 23.3 Å². The summed E-state index contributed by atoms with van der Waals surface area (Å²) in [6.45, 7) is 4.60. The van der Waals surface area contributed by atoms with Crippen LogP contribution in [0.15, 0.2) is 24.3 Å². The van der Waals surface area contributed by atoms with Crippen molar-refractivity contribution in [1.82, 2.24) is 19.1 Å². The van der Waals surface area contributed by atoms with Crippen molar-refractivity contribution in [2.24, 2.45) is 11.8 Å². The molecule has 11 heteroatoms. The second-order valence-electron chi connectivity index (χ2n) is 9.93. The summed E-state index contributed by atoms with van der Waals surface area (Å²) >= 11 is 1.55. The van der Waals surface area contributed by atoms with Gasteiger partial charge < -0.3 is 10.2 Å². The Morgan fingerprint density at radius 1 is 1.09 bits per heavy atom. The highest BCUT2D eigenvalue weighted by atomic mass is 32.1. The van der Waals surface area contributed by atoms with Gasteiger partial charge in [-0.15, -0.1) is 5.10 Å². The molecule has 2 bridgehead atoms. The number of halogens is 4. The van der Waals surface area contributed by atoms with Crippen LogP contribution in [0.1, 0.15) is 54.2 Å². The van der Waals surface area contributed by atoms with E-state index in [1.165, 1.54) is 11.1 Å². The van der Waals surface area contributed by atoms with Crippen LogP contribution in [0.5, 0.6) is 0 Å². The average Bonchev–Trinajstić information content (AvgIpc) is 3.48. The third kappa shape index (κ3) is 4.17. The van der Waals surface area contributed by atoms with Crippen molar-refractivity contribution < 1.29 is 17.6 Å². The topological polar surface area (TPSA) is 58.9 Å². The monoisotopic (exact) mass is 506 g/mol. The predicted octanol–water partition coefficient (Wildman–Crippen LogP) is 5.45. The highest BCUT2D eigenvalue weighted by Gasteiger charge is 2.43. The Morgan fingerprint density at radius 2 is 1.86 bits per heavy atom. The number of aromatic nitrogens is 4. The third-order valence-electron chi connectivity index (χ3n) is 7.63. The molecular weight excluding hydrogens is 480 g/mol. The van der Waals surface area contributed by atoms with E-state index in [4.69, 9.17) is 4.98 Å². The Morgan fingerprint density at radius 3 is 2.54 bits per heavy atom. The number of rotatable bonds is 4. The smallest absolute Gasteiger partial charge is 0.361 e. The molecule has 2 aromatic heterocycles. The molecule has 1 aliphatic carbocycles. The van der Waals surface area contributed by atoms with Crippen LogP contribution in [0.25, 0.3) is 0 Å². The van der Waals surface area contributed by atoms with Gasteiger partial charge in [0.1, 0.15) is 16.6 Å². The fourth-order valence-corrected chi connectivity index (χ4v) is 6.77. The molecule has 2 fully saturated rings. The van der Waals surface area contributed by atoms with Crippen molar-refractivity contribution in [3.05, 3.63) is 52.7 Å². The molecule has 0 amide bonds. The molecule has 0 radical (unpaired) electrons. The zero-order valence-electron chi connectivity index (χ0n) is 19.2. The van der Waals surface area contributed by atoms with Gasteiger partial charge in [-0.25, -0.2) is 9.07 Å². The van der Waals surface area contributed by atoms with Crippen LogP contribution in [-0.2, 0) is 12.7 Å². The number of hydrogen-bond acceptors (Lipinski definition) is 6. The normalized spacial score (nSPS) is 26.1. The maximum absolute atomic E-state index is 13.8. The fraction of sp³-hybridized carbons (Fsp3) is 0.542. The lowest BCUT2D eigenvalue weighted by Gasteiger charge is -2.38. The Kier molecular flexibility index (Phi) is 5.50. The molecule has 3 aliphatic rings. The second-order valence-corrected chi connectivity index (χ2v) is 10.7. The third-order valence-corrected chi connectivity index (χ3v) is 8.57. The van der Waals surface area contributed by atoms with Crippen LogP contribution in [0.2, 0.25) is 0 Å². The van der Waals surface area contributed by atoms with E-state index in [0.717, 1.165) is 50.2 Å². The van der Waals surface area contributed by atoms with E-state index >= 15 is 0 Å². The van der Waals surface area contributed by atoms with Crippen molar-refractivity contribution in [1.29, 1.82) is 0 Å². The first-order valence-electron chi connectivity index (χ1n) is 12.0. The summed E-state index contributed by atoms with van der Waals surface area (Å²) in [6, 6.07) is 5.68. The summed E-state index contributed by atoms with van der Waals surface area (Å²) in [7, 11) is 0. The summed E-state index contributed by atoms with van der Waals surface area (Å²) in [6.07, 6.45) is -1.03. The standard InChI is InChI=1S/C24H26F4N6S/c1-13-9-20(35-32-13)33-11-15-4-5-16(12-33)21(15)29-23-30-22-17(3-2-8-34(22)31-23)14-6-7-19(25)18(10-14)24(26,27)28/h6-7,9-10,15-17,21H,2-5,8,11-12H2,1H3,(H,29,31)/t15-,16+,17?,21?. The van der Waals surface area contributed by atoms with Gasteiger partial charge in [0.05, 0.1) is 11.3 Å². The Hall–Kier alpha value is -2.69. The Bertz CT molecular complexity index is 1220. The molecule has 2 aliphatic heterocycles. The van der Waals surface area contributed by atoms with Gasteiger partial charge in [-0.05, 0) is 79.7 Å². The molecule has 35 heavy (non-hydrogen) atoms. The van der Waals surface area contributed by atoms with Gasteiger partial charge in [-0.1, -0.05) is 6.07 Å². The van der Waals surface area contributed by atoms with Crippen molar-refractivity contribution in [2.45, 2.75) is 57.3 Å². The highest BCUT2D eigenvalue weighted by Crippen LogP contribution is 2.42. The average molecular weight is 507 g/mol. The van der Waals surface area contributed by atoms with Crippen LogP contribution in [-0.4, -0.2) is 38.3 Å². The lowest BCUT2D eigenvalue weighted by molar-refractivity contribution is -0.140. The lowest BCUT2D eigenvalue weighted by atomic mass is 9.90. The summed E-state index contributed by atoms with van der Waals surface area (Å²) < 4.78 is 59.9. The molecule has 1 aromatic carbocycles. The van der Waals surface area contributed by atoms with E-state index in [1.807, 2.05) is 6.92 Å². The van der Waals surface area contributed by atoms with Crippen LogP contribution in [0.4, 0.5) is 28.5 Å². The maximum Gasteiger partial charge on any atom is 0.419 e.